The molecule has 1 N–H and O–H groups in total. The number of hydrogen-bond acceptors (Lipinski definition) is 6. The molecule has 0 aromatic carbocycles. The molecule has 7 heteroatoms. The highest BCUT2D eigenvalue weighted by Crippen LogP contribution is 2.12. The first-order valence-corrected chi connectivity index (χ1v) is 6.89. The van der Waals surface area contributed by atoms with Gasteiger partial charge in [-0.3, -0.25) is 0 Å². The highest BCUT2D eigenvalue weighted by atomic mass is 15.4. The first-order valence-electron chi connectivity index (χ1n) is 6.89. The lowest BCUT2D eigenvalue weighted by atomic mass is 10.2. The molecule has 0 saturated carbocycles. The molecular formula is C13H21N7. The van der Waals surface area contributed by atoms with Crippen LogP contribution in [0.2, 0.25) is 0 Å². The first kappa shape index (κ1) is 14.2. The van der Waals surface area contributed by atoms with E-state index in [-0.39, 0.29) is 0 Å². The van der Waals surface area contributed by atoms with E-state index in [9.17, 15) is 0 Å². The van der Waals surface area contributed by atoms with Gasteiger partial charge in [0.2, 0.25) is 11.9 Å². The molecule has 2 aromatic heterocycles. The molecule has 0 unspecified atom stereocenters. The molecule has 108 valence electrons. The molecule has 0 atom stereocenters. The van der Waals surface area contributed by atoms with Gasteiger partial charge in [0.25, 0.3) is 5.95 Å². The van der Waals surface area contributed by atoms with Crippen LogP contribution in [0.1, 0.15) is 26.2 Å². The second-order valence-electron chi connectivity index (χ2n) is 4.59. The summed E-state index contributed by atoms with van der Waals surface area (Å²) in [5, 5.41) is 7.12. The van der Waals surface area contributed by atoms with E-state index in [0.29, 0.717) is 17.8 Å². The molecule has 20 heavy (non-hydrogen) atoms. The summed E-state index contributed by atoms with van der Waals surface area (Å²) >= 11 is 0. The highest BCUT2D eigenvalue weighted by molar-refractivity contribution is 5.38. The van der Waals surface area contributed by atoms with E-state index >= 15 is 0 Å². The number of nitrogens with zero attached hydrogens (tertiary/aromatic N) is 6. The summed E-state index contributed by atoms with van der Waals surface area (Å²) in [6.45, 7) is 3.12. The molecule has 2 heterocycles. The standard InChI is InChI=1S/C13H21N7/c1-4-5-6-9-19(3)12-16-11(14-2)17-13(18-12)20-10-7-8-15-20/h7-8,10H,4-6,9H2,1-3H3,(H,14,16,17,18). The average molecular weight is 275 g/mol. The number of unbranched alkanes of at least 4 members (excludes halogenated alkanes) is 2. The molecule has 0 radical (unpaired) electrons. The van der Waals surface area contributed by atoms with Crippen molar-refractivity contribution in [3.05, 3.63) is 18.5 Å². The first-order chi connectivity index (χ1) is 9.74. The minimum atomic E-state index is 0.520. The van der Waals surface area contributed by atoms with Crippen molar-refractivity contribution in [1.29, 1.82) is 0 Å². The van der Waals surface area contributed by atoms with E-state index in [0.717, 1.165) is 13.0 Å². The third kappa shape index (κ3) is 3.43. The van der Waals surface area contributed by atoms with Crippen LogP contribution in [0.25, 0.3) is 5.95 Å². The summed E-state index contributed by atoms with van der Waals surface area (Å²) in [5.74, 6) is 1.72. The van der Waals surface area contributed by atoms with Crippen LogP contribution in [0.15, 0.2) is 18.5 Å². The fourth-order valence-corrected chi connectivity index (χ4v) is 1.82. The minimum Gasteiger partial charge on any atom is -0.357 e. The molecule has 0 saturated heterocycles. The van der Waals surface area contributed by atoms with Gasteiger partial charge in [0.15, 0.2) is 0 Å². The van der Waals surface area contributed by atoms with Gasteiger partial charge >= 0.3 is 0 Å². The second-order valence-corrected chi connectivity index (χ2v) is 4.59. The van der Waals surface area contributed by atoms with E-state index in [2.05, 4.69) is 32.3 Å². The van der Waals surface area contributed by atoms with Crippen LogP contribution < -0.4 is 10.2 Å². The van der Waals surface area contributed by atoms with Gasteiger partial charge in [-0.15, -0.1) is 0 Å². The van der Waals surface area contributed by atoms with Crippen LogP contribution >= 0.6 is 0 Å². The van der Waals surface area contributed by atoms with E-state index in [1.165, 1.54) is 12.8 Å². The molecule has 2 rings (SSSR count). The van der Waals surface area contributed by atoms with Gasteiger partial charge in [0.1, 0.15) is 0 Å². The molecule has 0 fully saturated rings. The minimum absolute atomic E-state index is 0.520. The van der Waals surface area contributed by atoms with Crippen molar-refractivity contribution in [3.8, 4) is 5.95 Å². The molecule has 0 aliphatic heterocycles. The Morgan fingerprint density at radius 3 is 2.75 bits per heavy atom. The molecular weight excluding hydrogens is 254 g/mol. The summed E-state index contributed by atoms with van der Waals surface area (Å²) < 4.78 is 1.63. The van der Waals surface area contributed by atoms with E-state index in [4.69, 9.17) is 0 Å². The van der Waals surface area contributed by atoms with E-state index in [1.54, 1.807) is 17.9 Å². The molecule has 7 nitrogen and oxygen atoms in total. The molecule has 0 spiro atoms. The number of anilines is 2. The monoisotopic (exact) mass is 275 g/mol. The quantitative estimate of drug-likeness (QED) is 0.776. The molecule has 0 aliphatic carbocycles. The SMILES string of the molecule is CCCCCN(C)c1nc(NC)nc(-n2cccn2)n1. The fraction of sp³-hybridized carbons (Fsp3) is 0.538. The topological polar surface area (TPSA) is 71.8 Å². The van der Waals surface area contributed by atoms with Crippen molar-refractivity contribution < 1.29 is 0 Å². The summed E-state index contributed by atoms with van der Waals surface area (Å²) in [7, 11) is 3.79. The lowest BCUT2D eigenvalue weighted by molar-refractivity contribution is 0.691. The van der Waals surface area contributed by atoms with Gasteiger partial charge in [0, 0.05) is 33.0 Å². The van der Waals surface area contributed by atoms with Gasteiger partial charge < -0.3 is 10.2 Å². The predicted molar refractivity (Wildman–Crippen MR) is 79.3 cm³/mol. The Morgan fingerprint density at radius 2 is 2.10 bits per heavy atom. The lowest BCUT2D eigenvalue weighted by Gasteiger charge is -2.17. The van der Waals surface area contributed by atoms with Gasteiger partial charge in [-0.25, -0.2) is 4.68 Å². The number of nitrogens with one attached hydrogen (secondary N) is 1. The zero-order valence-corrected chi connectivity index (χ0v) is 12.2. The maximum absolute atomic E-state index is 4.47. The fourth-order valence-electron chi connectivity index (χ4n) is 1.82. The normalized spacial score (nSPS) is 10.6. The van der Waals surface area contributed by atoms with Crippen molar-refractivity contribution in [2.75, 3.05) is 30.9 Å². The van der Waals surface area contributed by atoms with Gasteiger partial charge in [-0.2, -0.15) is 20.1 Å². The molecule has 0 aliphatic rings. The van der Waals surface area contributed by atoms with Crippen LogP contribution in [-0.2, 0) is 0 Å². The Bertz CT molecular complexity index is 524. The summed E-state index contributed by atoms with van der Waals surface area (Å²) in [4.78, 5) is 15.2. The van der Waals surface area contributed by atoms with Crippen molar-refractivity contribution in [2.45, 2.75) is 26.2 Å². The Balaban J connectivity index is 2.22. The van der Waals surface area contributed by atoms with Crippen molar-refractivity contribution in [2.24, 2.45) is 0 Å². The molecule has 2 aromatic rings. The summed E-state index contributed by atoms with van der Waals surface area (Å²) in [6.07, 6.45) is 7.06. The second kappa shape index (κ2) is 6.83. The number of rotatable bonds is 7. The zero-order chi connectivity index (χ0) is 14.4. The largest absolute Gasteiger partial charge is 0.357 e. The van der Waals surface area contributed by atoms with Crippen LogP contribution in [0.5, 0.6) is 0 Å². The smallest absolute Gasteiger partial charge is 0.257 e. The van der Waals surface area contributed by atoms with Crippen LogP contribution in [0, 0.1) is 0 Å². The summed E-state index contributed by atoms with van der Waals surface area (Å²) in [6, 6.07) is 1.84. The Kier molecular flexibility index (Phi) is 4.86. The van der Waals surface area contributed by atoms with E-state index in [1.807, 2.05) is 24.2 Å². The molecule has 0 amide bonds. The Morgan fingerprint density at radius 1 is 1.25 bits per heavy atom. The van der Waals surface area contributed by atoms with Crippen molar-refractivity contribution >= 4 is 11.9 Å². The number of aromatic nitrogens is 5. The Hall–Kier alpha value is -2.18. The predicted octanol–water partition coefficient (Wildman–Crippen LogP) is 1.73. The maximum atomic E-state index is 4.47. The van der Waals surface area contributed by atoms with Gasteiger partial charge in [0.05, 0.1) is 0 Å². The average Bonchev–Trinajstić information content (AvgIpc) is 3.01. The lowest BCUT2D eigenvalue weighted by Crippen LogP contribution is -2.23. The molecule has 0 bridgehead atoms. The van der Waals surface area contributed by atoms with E-state index < -0.39 is 0 Å². The highest BCUT2D eigenvalue weighted by Gasteiger charge is 2.11. The number of hydrogen-bond donors (Lipinski definition) is 1. The Labute approximate surface area is 119 Å². The van der Waals surface area contributed by atoms with Crippen LogP contribution in [0.3, 0.4) is 0 Å². The summed E-state index contributed by atoms with van der Waals surface area (Å²) in [5.41, 5.74) is 0. The van der Waals surface area contributed by atoms with Gasteiger partial charge in [-0.05, 0) is 12.5 Å². The van der Waals surface area contributed by atoms with Crippen molar-refractivity contribution in [1.82, 2.24) is 24.7 Å². The zero-order valence-electron chi connectivity index (χ0n) is 12.2. The third-order valence-corrected chi connectivity index (χ3v) is 2.98. The van der Waals surface area contributed by atoms with Crippen LogP contribution in [0.4, 0.5) is 11.9 Å². The van der Waals surface area contributed by atoms with Crippen LogP contribution in [-0.4, -0.2) is 45.4 Å². The maximum Gasteiger partial charge on any atom is 0.257 e. The van der Waals surface area contributed by atoms with Crippen molar-refractivity contribution in [3.63, 3.8) is 0 Å². The third-order valence-electron chi connectivity index (χ3n) is 2.98. The van der Waals surface area contributed by atoms with Gasteiger partial charge in [-0.1, -0.05) is 19.8 Å².